The molecule has 2 heteroatoms. The Balaban J connectivity index is 2.39. The minimum atomic E-state index is 0.101. The zero-order valence-electron chi connectivity index (χ0n) is 11.9. The van der Waals surface area contributed by atoms with Crippen molar-refractivity contribution in [1.82, 2.24) is 4.90 Å². The van der Waals surface area contributed by atoms with Crippen molar-refractivity contribution in [3.8, 4) is 0 Å². The molecule has 0 amide bonds. The first-order chi connectivity index (χ1) is 9.26. The van der Waals surface area contributed by atoms with Gasteiger partial charge in [-0.2, -0.15) is 0 Å². The second kappa shape index (κ2) is 6.18. The van der Waals surface area contributed by atoms with Gasteiger partial charge in [0.25, 0.3) is 0 Å². The first-order valence-corrected chi connectivity index (χ1v) is 6.89. The van der Waals surface area contributed by atoms with Gasteiger partial charge in [-0.05, 0) is 37.0 Å². The topological polar surface area (TPSA) is 12.5 Å². The van der Waals surface area contributed by atoms with Crippen LogP contribution in [0.15, 0.2) is 60.3 Å². The van der Waals surface area contributed by atoms with Gasteiger partial charge in [0.1, 0.15) is 12.8 Å². The van der Waals surface area contributed by atoms with Crippen molar-refractivity contribution in [2.24, 2.45) is 0 Å². The third-order valence-electron chi connectivity index (χ3n) is 3.95. The highest BCUT2D eigenvalue weighted by atomic mass is 16.5. The van der Waals surface area contributed by atoms with Crippen LogP contribution in [0.5, 0.6) is 0 Å². The predicted molar refractivity (Wildman–Crippen MR) is 80.8 cm³/mol. The third-order valence-corrected chi connectivity index (χ3v) is 3.95. The Kier molecular flexibility index (Phi) is 4.56. The van der Waals surface area contributed by atoms with E-state index in [9.17, 15) is 0 Å². The number of hydrogen-bond donors (Lipinski definition) is 0. The second-order valence-electron chi connectivity index (χ2n) is 4.90. The molecule has 0 spiro atoms. The van der Waals surface area contributed by atoms with Gasteiger partial charge in [0, 0.05) is 6.54 Å². The van der Waals surface area contributed by atoms with Crippen LogP contribution in [0.1, 0.15) is 20.3 Å². The summed E-state index contributed by atoms with van der Waals surface area (Å²) in [5, 5.41) is 0. The summed E-state index contributed by atoms with van der Waals surface area (Å²) >= 11 is 0. The number of fused-ring (bicyclic) bond motifs is 1. The van der Waals surface area contributed by atoms with Gasteiger partial charge in [-0.1, -0.05) is 43.5 Å². The van der Waals surface area contributed by atoms with Gasteiger partial charge in [-0.3, -0.25) is 4.90 Å². The maximum absolute atomic E-state index is 6.02. The van der Waals surface area contributed by atoms with Crippen LogP contribution in [-0.4, -0.2) is 30.3 Å². The zero-order valence-corrected chi connectivity index (χ0v) is 11.9. The largest absolute Gasteiger partial charge is 0.356 e. The van der Waals surface area contributed by atoms with E-state index in [1.165, 1.54) is 16.7 Å². The number of allylic oxidation sites excluding steroid dienone is 3. The molecule has 0 saturated carbocycles. The molecule has 1 fully saturated rings. The standard InChI is InChI=1S/C17H23NO/c1-5-9-14(7-3)17-16-15(8-4)13(6-2)10-11-18(16)12-19-17/h5-9,16-17H,2,4,10-12H2,1,3H3. The van der Waals surface area contributed by atoms with E-state index >= 15 is 0 Å². The molecule has 1 saturated heterocycles. The molecular formula is C17H23NO. The van der Waals surface area contributed by atoms with E-state index in [-0.39, 0.29) is 12.1 Å². The Morgan fingerprint density at radius 1 is 1.32 bits per heavy atom. The van der Waals surface area contributed by atoms with Gasteiger partial charge in [0.05, 0.1) is 6.04 Å². The first-order valence-electron chi connectivity index (χ1n) is 6.89. The van der Waals surface area contributed by atoms with Crippen LogP contribution in [0.25, 0.3) is 0 Å². The van der Waals surface area contributed by atoms with Crippen molar-refractivity contribution in [2.45, 2.75) is 32.4 Å². The van der Waals surface area contributed by atoms with E-state index in [4.69, 9.17) is 4.74 Å². The average molecular weight is 257 g/mol. The lowest BCUT2D eigenvalue weighted by atomic mass is 9.87. The summed E-state index contributed by atoms with van der Waals surface area (Å²) in [6.07, 6.45) is 11.4. The Labute approximate surface area is 116 Å². The normalized spacial score (nSPS) is 28.8. The lowest BCUT2D eigenvalue weighted by Gasteiger charge is -2.33. The van der Waals surface area contributed by atoms with E-state index in [0.717, 1.165) is 13.0 Å². The molecule has 19 heavy (non-hydrogen) atoms. The summed E-state index contributed by atoms with van der Waals surface area (Å²) in [7, 11) is 0. The van der Waals surface area contributed by atoms with Crippen molar-refractivity contribution in [3.63, 3.8) is 0 Å². The Hall–Kier alpha value is -1.38. The van der Waals surface area contributed by atoms with E-state index < -0.39 is 0 Å². The molecule has 0 aromatic heterocycles. The van der Waals surface area contributed by atoms with Crippen LogP contribution in [0.3, 0.4) is 0 Å². The lowest BCUT2D eigenvalue weighted by molar-refractivity contribution is 0.109. The maximum Gasteiger partial charge on any atom is 0.104 e. The van der Waals surface area contributed by atoms with Crippen molar-refractivity contribution in [2.75, 3.05) is 13.3 Å². The second-order valence-corrected chi connectivity index (χ2v) is 4.90. The molecular weight excluding hydrogens is 234 g/mol. The zero-order chi connectivity index (χ0) is 13.8. The molecule has 2 rings (SSSR count). The van der Waals surface area contributed by atoms with Crippen LogP contribution >= 0.6 is 0 Å². The van der Waals surface area contributed by atoms with Crippen LogP contribution in [0, 0.1) is 0 Å². The average Bonchev–Trinajstić information content (AvgIpc) is 2.87. The smallest absolute Gasteiger partial charge is 0.104 e. The molecule has 2 aliphatic rings. The lowest BCUT2D eigenvalue weighted by Crippen LogP contribution is -2.41. The van der Waals surface area contributed by atoms with Crippen molar-refractivity contribution in [1.29, 1.82) is 0 Å². The van der Waals surface area contributed by atoms with Crippen molar-refractivity contribution < 1.29 is 4.74 Å². The molecule has 0 bridgehead atoms. The summed E-state index contributed by atoms with van der Waals surface area (Å²) in [6.45, 7) is 13.8. The highest BCUT2D eigenvalue weighted by Crippen LogP contribution is 2.35. The molecule has 2 nitrogen and oxygen atoms in total. The molecule has 2 unspecified atom stereocenters. The monoisotopic (exact) mass is 257 g/mol. The fourth-order valence-electron chi connectivity index (χ4n) is 3.00. The molecule has 0 aliphatic carbocycles. The van der Waals surface area contributed by atoms with Gasteiger partial charge in [-0.15, -0.1) is 0 Å². The molecule has 102 valence electrons. The number of ether oxygens (including phenoxy) is 1. The fraction of sp³-hybridized carbons (Fsp3) is 0.412. The maximum atomic E-state index is 6.02. The van der Waals surface area contributed by atoms with Gasteiger partial charge in [0.15, 0.2) is 0 Å². The SMILES string of the molecule is C=CC1=C(C=C)C2C(C(C=CC)=CC)OCN2CC1. The fourth-order valence-corrected chi connectivity index (χ4v) is 3.00. The molecule has 0 aromatic rings. The quantitative estimate of drug-likeness (QED) is 0.713. The van der Waals surface area contributed by atoms with Crippen molar-refractivity contribution in [3.05, 3.63) is 60.3 Å². The Morgan fingerprint density at radius 3 is 2.68 bits per heavy atom. The van der Waals surface area contributed by atoms with Gasteiger partial charge >= 0.3 is 0 Å². The highest BCUT2D eigenvalue weighted by molar-refractivity contribution is 5.42. The van der Waals surface area contributed by atoms with Crippen LogP contribution < -0.4 is 0 Å². The van der Waals surface area contributed by atoms with E-state index in [0.29, 0.717) is 6.73 Å². The first kappa shape index (κ1) is 14.0. The minimum absolute atomic E-state index is 0.101. The van der Waals surface area contributed by atoms with Gasteiger partial charge in [0.2, 0.25) is 0 Å². The van der Waals surface area contributed by atoms with Crippen LogP contribution in [0.2, 0.25) is 0 Å². The predicted octanol–water partition coefficient (Wildman–Crippen LogP) is 3.61. The number of nitrogens with zero attached hydrogens (tertiary/aromatic N) is 1. The third kappa shape index (κ3) is 2.51. The van der Waals surface area contributed by atoms with Gasteiger partial charge < -0.3 is 4.74 Å². The van der Waals surface area contributed by atoms with E-state index in [1.54, 1.807) is 0 Å². The summed E-state index contributed by atoms with van der Waals surface area (Å²) in [4.78, 5) is 2.39. The van der Waals surface area contributed by atoms with E-state index in [2.05, 4.69) is 43.2 Å². The number of rotatable bonds is 4. The van der Waals surface area contributed by atoms with Gasteiger partial charge in [-0.25, -0.2) is 0 Å². The summed E-state index contributed by atoms with van der Waals surface area (Å²) in [6, 6.07) is 0.279. The Bertz CT molecular complexity index is 456. The summed E-state index contributed by atoms with van der Waals surface area (Å²) in [5.74, 6) is 0. The van der Waals surface area contributed by atoms with Crippen LogP contribution in [-0.2, 0) is 4.74 Å². The summed E-state index contributed by atoms with van der Waals surface area (Å²) in [5.41, 5.74) is 3.81. The van der Waals surface area contributed by atoms with Crippen molar-refractivity contribution >= 4 is 0 Å². The number of hydrogen-bond acceptors (Lipinski definition) is 2. The molecule has 0 aromatic carbocycles. The Morgan fingerprint density at radius 2 is 2.11 bits per heavy atom. The van der Waals surface area contributed by atoms with Crippen LogP contribution in [0.4, 0.5) is 0 Å². The highest BCUT2D eigenvalue weighted by Gasteiger charge is 2.40. The summed E-state index contributed by atoms with van der Waals surface area (Å²) < 4.78 is 6.02. The molecule has 0 radical (unpaired) electrons. The minimum Gasteiger partial charge on any atom is -0.356 e. The molecule has 2 heterocycles. The molecule has 2 atom stereocenters. The van der Waals surface area contributed by atoms with E-state index in [1.807, 2.05) is 19.1 Å². The molecule has 0 N–H and O–H groups in total. The molecule has 2 aliphatic heterocycles.